The van der Waals surface area contributed by atoms with Crippen LogP contribution in [0.4, 0.5) is 8.78 Å². The Hall–Kier alpha value is -3.98. The van der Waals surface area contributed by atoms with Crippen molar-refractivity contribution in [3.63, 3.8) is 0 Å². The van der Waals surface area contributed by atoms with E-state index in [0.717, 1.165) is 42.4 Å². The Morgan fingerprint density at radius 3 is 2.64 bits per heavy atom. The van der Waals surface area contributed by atoms with Crippen molar-refractivity contribution in [3.8, 4) is 5.75 Å². The van der Waals surface area contributed by atoms with Gasteiger partial charge in [0.05, 0.1) is 6.61 Å². The summed E-state index contributed by atoms with van der Waals surface area (Å²) in [7, 11) is 0. The summed E-state index contributed by atoms with van der Waals surface area (Å²) in [5.41, 5.74) is 2.98. The van der Waals surface area contributed by atoms with E-state index >= 15 is 4.39 Å². The number of halogens is 2. The maximum absolute atomic E-state index is 15.0. The Bertz CT molecular complexity index is 1660. The van der Waals surface area contributed by atoms with Gasteiger partial charge in [0, 0.05) is 32.0 Å². The van der Waals surface area contributed by atoms with E-state index in [1.54, 1.807) is 15.8 Å². The van der Waals surface area contributed by atoms with Crippen molar-refractivity contribution in [1.29, 1.82) is 0 Å². The zero-order chi connectivity index (χ0) is 29.0. The Morgan fingerprint density at radius 1 is 1.05 bits per heavy atom. The van der Waals surface area contributed by atoms with Crippen molar-refractivity contribution in [2.24, 2.45) is 5.92 Å². The Kier molecular flexibility index (Phi) is 6.65. The van der Waals surface area contributed by atoms with E-state index in [1.165, 1.54) is 18.2 Å². The number of rotatable bonds is 7. The largest absolute Gasteiger partial charge is 0.487 e. The third-order valence-electron chi connectivity index (χ3n) is 9.10. The first kappa shape index (κ1) is 26.9. The molecule has 2 aliphatic carbocycles. The zero-order valence-electron chi connectivity index (χ0n) is 23.6. The number of ether oxygens (including phenoxy) is 2. The number of hydrogen-bond donors (Lipinski definition) is 0. The molecule has 42 heavy (non-hydrogen) atoms. The monoisotopic (exact) mass is 573 g/mol. The maximum Gasteiger partial charge on any atom is 0.277 e. The van der Waals surface area contributed by atoms with Gasteiger partial charge in [-0.1, -0.05) is 43.7 Å². The van der Waals surface area contributed by atoms with Gasteiger partial charge in [-0.3, -0.25) is 19.3 Å². The number of nitrogens with zero attached hydrogens (tertiary/aromatic N) is 3. The third kappa shape index (κ3) is 4.01. The highest BCUT2D eigenvalue weighted by Gasteiger charge is 2.55. The predicted octanol–water partition coefficient (Wildman–Crippen LogP) is 4.98. The van der Waals surface area contributed by atoms with Crippen LogP contribution in [0.5, 0.6) is 5.75 Å². The van der Waals surface area contributed by atoms with Crippen molar-refractivity contribution >= 4 is 12.0 Å². The predicted molar refractivity (Wildman–Crippen MR) is 154 cm³/mol. The summed E-state index contributed by atoms with van der Waals surface area (Å²) in [6, 6.07) is 11.9. The highest BCUT2D eigenvalue weighted by Crippen LogP contribution is 2.55. The molecule has 4 aliphatic rings. The van der Waals surface area contributed by atoms with Crippen LogP contribution in [-0.4, -0.2) is 48.5 Å². The second-order valence-electron chi connectivity index (χ2n) is 11.6. The zero-order valence-corrected chi connectivity index (χ0v) is 23.6. The van der Waals surface area contributed by atoms with Gasteiger partial charge in [-0.2, -0.15) is 0 Å². The molecule has 9 heteroatoms. The fraction of sp³-hybridized carbons (Fsp3) is 0.394. The molecule has 0 spiro atoms. The summed E-state index contributed by atoms with van der Waals surface area (Å²) in [6.07, 6.45) is 7.40. The Morgan fingerprint density at radius 2 is 1.83 bits per heavy atom. The number of unbranched alkanes of at least 4 members (excludes halogenated alkanes) is 1. The minimum atomic E-state index is -1.01. The second-order valence-corrected chi connectivity index (χ2v) is 11.6. The molecular weight excluding hydrogens is 540 g/mol. The van der Waals surface area contributed by atoms with E-state index in [1.807, 2.05) is 36.2 Å². The highest BCUT2D eigenvalue weighted by atomic mass is 19.2. The first-order valence-corrected chi connectivity index (χ1v) is 14.8. The maximum atomic E-state index is 15.0. The molecule has 0 N–H and O–H groups in total. The van der Waals surface area contributed by atoms with Gasteiger partial charge in [0.15, 0.2) is 23.1 Å². The fourth-order valence-electron chi connectivity index (χ4n) is 7.09. The van der Waals surface area contributed by atoms with Crippen LogP contribution in [0, 0.1) is 17.6 Å². The molecule has 1 atom stereocenters. The molecule has 0 bridgehead atoms. The van der Waals surface area contributed by atoms with Gasteiger partial charge in [-0.15, -0.1) is 0 Å². The molecule has 2 aliphatic heterocycles. The van der Waals surface area contributed by atoms with Crippen molar-refractivity contribution in [3.05, 3.63) is 104 Å². The minimum absolute atomic E-state index is 0.0225. The first-order chi connectivity index (χ1) is 20.4. The first-order valence-electron chi connectivity index (χ1n) is 14.8. The van der Waals surface area contributed by atoms with Crippen LogP contribution in [0.3, 0.4) is 0 Å². The molecule has 1 unspecified atom stereocenters. The van der Waals surface area contributed by atoms with Gasteiger partial charge < -0.3 is 14.4 Å². The number of fused-ring (bicyclic) bond motifs is 6. The summed E-state index contributed by atoms with van der Waals surface area (Å²) >= 11 is 0. The van der Waals surface area contributed by atoms with Gasteiger partial charge in [0.1, 0.15) is 12.2 Å². The average Bonchev–Trinajstić information content (AvgIpc) is 3.47. The normalized spacial score (nSPS) is 21.1. The van der Waals surface area contributed by atoms with Gasteiger partial charge in [0.2, 0.25) is 5.43 Å². The number of benzene rings is 2. The molecule has 1 fully saturated rings. The smallest absolute Gasteiger partial charge is 0.277 e. The quantitative estimate of drug-likeness (QED) is 0.373. The topological polar surface area (TPSA) is 64.0 Å². The summed E-state index contributed by atoms with van der Waals surface area (Å²) in [5, 5.41) is 2.04. The standard InChI is InChI=1S/C33H33F2N3O4/c1-2-3-12-42-31-29(39)8-11-37-30(31)32(40)36(19-21-9-13-41-14-10-21)20-38(37)33-24(15-22-6-4-5-7-25(22)33)16-23-17-27(34)28(35)18-26(23)33/h4-8,11,15,17-18,21H,2-3,9-10,12-14,16,19-20H2,1H3. The van der Waals surface area contributed by atoms with Crippen LogP contribution in [0.15, 0.2) is 59.0 Å². The minimum Gasteiger partial charge on any atom is -0.487 e. The number of carbonyl (C=O) groups is 1. The lowest BCUT2D eigenvalue weighted by molar-refractivity contribution is 0.0398. The van der Waals surface area contributed by atoms with E-state index in [2.05, 4.69) is 6.08 Å². The lowest BCUT2D eigenvalue weighted by Crippen LogP contribution is -2.63. The van der Waals surface area contributed by atoms with E-state index in [0.29, 0.717) is 43.9 Å². The van der Waals surface area contributed by atoms with Gasteiger partial charge in [-0.25, -0.2) is 8.78 Å². The van der Waals surface area contributed by atoms with E-state index in [4.69, 9.17) is 9.47 Å². The van der Waals surface area contributed by atoms with Crippen molar-refractivity contribution in [2.75, 3.05) is 38.0 Å². The van der Waals surface area contributed by atoms with Crippen LogP contribution in [-0.2, 0) is 16.7 Å². The molecule has 7 rings (SSSR count). The molecule has 0 radical (unpaired) electrons. The second kappa shape index (κ2) is 10.4. The van der Waals surface area contributed by atoms with Crippen LogP contribution in [0.25, 0.3) is 6.08 Å². The van der Waals surface area contributed by atoms with Crippen molar-refractivity contribution in [2.45, 2.75) is 44.6 Å². The average molecular weight is 574 g/mol. The Labute approximate surface area is 242 Å². The number of hydrogen-bond acceptors (Lipinski definition) is 5. The van der Waals surface area contributed by atoms with Crippen LogP contribution < -0.4 is 15.2 Å². The lowest BCUT2D eigenvalue weighted by Gasteiger charge is -2.50. The van der Waals surface area contributed by atoms with Gasteiger partial charge in [0.25, 0.3) is 5.91 Å². The van der Waals surface area contributed by atoms with Crippen LogP contribution in [0.2, 0.25) is 0 Å². The molecule has 1 aromatic heterocycles. The van der Waals surface area contributed by atoms with Gasteiger partial charge in [-0.05, 0) is 71.6 Å². The Balaban J connectivity index is 1.46. The summed E-state index contributed by atoms with van der Waals surface area (Å²) in [5.74, 6) is -1.83. The molecule has 3 heterocycles. The highest BCUT2D eigenvalue weighted by molar-refractivity contribution is 5.96. The van der Waals surface area contributed by atoms with Gasteiger partial charge >= 0.3 is 0 Å². The van der Waals surface area contributed by atoms with E-state index in [9.17, 15) is 14.0 Å². The summed E-state index contributed by atoms with van der Waals surface area (Å²) in [4.78, 5) is 29.2. The van der Waals surface area contributed by atoms with E-state index in [-0.39, 0.29) is 35.4 Å². The fourth-order valence-corrected chi connectivity index (χ4v) is 7.09. The third-order valence-corrected chi connectivity index (χ3v) is 9.10. The summed E-state index contributed by atoms with van der Waals surface area (Å²) in [6.45, 7) is 4.29. The molecule has 3 aromatic rings. The van der Waals surface area contributed by atoms with Crippen LogP contribution in [0.1, 0.15) is 65.3 Å². The molecular formula is C33H33F2N3O4. The molecule has 7 nitrogen and oxygen atoms in total. The molecule has 0 saturated carbocycles. The van der Waals surface area contributed by atoms with E-state index < -0.39 is 17.2 Å². The van der Waals surface area contributed by atoms with Crippen LogP contribution >= 0.6 is 0 Å². The molecule has 2 aromatic carbocycles. The molecule has 1 amide bonds. The number of aromatic nitrogens is 1. The van der Waals surface area contributed by atoms with Crippen molar-refractivity contribution < 1.29 is 23.0 Å². The number of pyridine rings is 1. The SMILES string of the molecule is CCCCOc1c2n(ccc1=O)N(C13C(=Cc4ccccc41)Cc1cc(F)c(F)cc13)CN(CC1CCOCC1)C2=O. The number of carbonyl (C=O) groups excluding carboxylic acids is 1. The number of amides is 1. The lowest BCUT2D eigenvalue weighted by atomic mass is 9.83. The molecule has 218 valence electrons. The van der Waals surface area contributed by atoms with Crippen molar-refractivity contribution in [1.82, 2.24) is 9.58 Å². The molecule has 1 saturated heterocycles. The summed E-state index contributed by atoms with van der Waals surface area (Å²) < 4.78 is 42.9.